The number of benzene rings is 2. The molecule has 0 bridgehead atoms. The number of hydrogen-bond donors (Lipinski definition) is 1. The van der Waals surface area contributed by atoms with Crippen LogP contribution >= 0.6 is 0 Å². The third-order valence-corrected chi connectivity index (χ3v) is 5.33. The van der Waals surface area contributed by atoms with Crippen LogP contribution in [0.15, 0.2) is 78.5 Å². The van der Waals surface area contributed by atoms with Crippen molar-refractivity contribution in [1.29, 1.82) is 0 Å². The molecule has 166 valence electrons. The number of methoxy groups -OCH3 is 2. The maximum atomic E-state index is 13.1. The van der Waals surface area contributed by atoms with Crippen LogP contribution < -0.4 is 9.64 Å². The van der Waals surface area contributed by atoms with Gasteiger partial charge >= 0.3 is 11.9 Å². The summed E-state index contributed by atoms with van der Waals surface area (Å²) in [6, 6.07) is 16.9. The summed E-state index contributed by atoms with van der Waals surface area (Å²) in [5.74, 6) is -1.78. The molecule has 1 aromatic heterocycles. The summed E-state index contributed by atoms with van der Waals surface area (Å²) in [4.78, 5) is 43.5. The fourth-order valence-electron chi connectivity index (χ4n) is 3.73. The summed E-state index contributed by atoms with van der Waals surface area (Å²) in [5, 5.41) is 11.1. The van der Waals surface area contributed by atoms with Crippen molar-refractivity contribution >= 4 is 29.2 Å². The van der Waals surface area contributed by atoms with E-state index in [0.717, 1.165) is 0 Å². The topological polar surface area (TPSA) is 106 Å². The molecule has 2 heterocycles. The Bertz CT molecular complexity index is 1250. The predicted molar refractivity (Wildman–Crippen MR) is 120 cm³/mol. The molecule has 33 heavy (non-hydrogen) atoms. The van der Waals surface area contributed by atoms with Gasteiger partial charge in [0.15, 0.2) is 0 Å². The van der Waals surface area contributed by atoms with E-state index in [9.17, 15) is 19.5 Å². The number of aromatic nitrogens is 1. The molecule has 8 heteroatoms. The number of anilines is 1. The van der Waals surface area contributed by atoms with Gasteiger partial charge in [-0.1, -0.05) is 30.3 Å². The molecule has 1 saturated heterocycles. The second kappa shape index (κ2) is 8.96. The highest BCUT2D eigenvalue weighted by atomic mass is 16.5. The van der Waals surface area contributed by atoms with E-state index in [2.05, 4.69) is 4.98 Å². The van der Waals surface area contributed by atoms with Crippen molar-refractivity contribution in [3.05, 3.63) is 95.2 Å². The van der Waals surface area contributed by atoms with E-state index in [4.69, 9.17) is 9.47 Å². The number of nitrogens with zero attached hydrogens (tertiary/aromatic N) is 2. The summed E-state index contributed by atoms with van der Waals surface area (Å²) in [6.07, 6.45) is 1.51. The standard InChI is InChI=1S/C25H20N2O6/c1-32-18-7-5-6-17(14-18)22(28)20-21(15-9-11-16(12-10-15)25(31)33-2)27(24(30)23(20)29)19-8-3-4-13-26-19/h3-14,21,28H,1-2H3/t21-/m0/s1. The van der Waals surface area contributed by atoms with Gasteiger partial charge in [-0.25, -0.2) is 9.78 Å². The van der Waals surface area contributed by atoms with Gasteiger partial charge in [-0.3, -0.25) is 14.5 Å². The van der Waals surface area contributed by atoms with Crippen LogP contribution in [-0.2, 0) is 14.3 Å². The van der Waals surface area contributed by atoms with Crippen LogP contribution in [0.1, 0.15) is 27.5 Å². The third kappa shape index (κ3) is 3.94. The molecule has 8 nitrogen and oxygen atoms in total. The van der Waals surface area contributed by atoms with Crippen molar-refractivity contribution in [2.75, 3.05) is 19.1 Å². The predicted octanol–water partition coefficient (Wildman–Crippen LogP) is 3.50. The molecule has 0 aliphatic carbocycles. The first kappa shape index (κ1) is 21.8. The van der Waals surface area contributed by atoms with E-state index in [1.165, 1.54) is 37.4 Å². The number of ketones is 1. The zero-order valence-electron chi connectivity index (χ0n) is 17.9. The number of carbonyl (C=O) groups is 3. The van der Waals surface area contributed by atoms with Crippen LogP contribution in [-0.4, -0.2) is 42.0 Å². The van der Waals surface area contributed by atoms with E-state index in [-0.39, 0.29) is 17.2 Å². The van der Waals surface area contributed by atoms with E-state index < -0.39 is 23.7 Å². The number of amides is 1. The summed E-state index contributed by atoms with van der Waals surface area (Å²) in [5.41, 5.74) is 1.05. The fraction of sp³-hybridized carbons (Fsp3) is 0.120. The third-order valence-electron chi connectivity index (χ3n) is 5.33. The molecule has 1 atom stereocenters. The van der Waals surface area contributed by atoms with Gasteiger partial charge in [-0.15, -0.1) is 0 Å². The SMILES string of the molecule is COC(=O)c1ccc([C@H]2C(=C(O)c3cccc(OC)c3)C(=O)C(=O)N2c2ccccn2)cc1. The molecule has 1 aliphatic heterocycles. The van der Waals surface area contributed by atoms with Crippen LogP contribution in [0.2, 0.25) is 0 Å². The normalized spacial score (nSPS) is 17.2. The van der Waals surface area contributed by atoms with E-state index in [1.807, 2.05) is 0 Å². The van der Waals surface area contributed by atoms with Crippen LogP contribution in [0, 0.1) is 0 Å². The Labute approximate surface area is 189 Å². The van der Waals surface area contributed by atoms with E-state index in [0.29, 0.717) is 22.4 Å². The second-order valence-corrected chi connectivity index (χ2v) is 7.20. The van der Waals surface area contributed by atoms with Crippen molar-refractivity contribution < 1.29 is 29.0 Å². The first-order valence-electron chi connectivity index (χ1n) is 10.0. The fourth-order valence-corrected chi connectivity index (χ4v) is 3.73. The lowest BCUT2D eigenvalue weighted by atomic mass is 9.94. The number of Topliss-reactive ketones (excluding diaryl/α,β-unsaturated/α-hetero) is 1. The van der Waals surface area contributed by atoms with Crippen LogP contribution in [0.4, 0.5) is 5.82 Å². The molecule has 0 unspecified atom stereocenters. The average Bonchev–Trinajstić information content (AvgIpc) is 3.14. The number of carbonyl (C=O) groups excluding carboxylic acids is 3. The smallest absolute Gasteiger partial charge is 0.337 e. The molecule has 2 aromatic carbocycles. The van der Waals surface area contributed by atoms with Crippen molar-refractivity contribution in [1.82, 2.24) is 4.98 Å². The number of pyridine rings is 1. The largest absolute Gasteiger partial charge is 0.507 e. The van der Waals surface area contributed by atoms with Crippen LogP contribution in [0.3, 0.4) is 0 Å². The van der Waals surface area contributed by atoms with Crippen molar-refractivity contribution in [3.8, 4) is 5.75 Å². The molecule has 1 aliphatic rings. The minimum atomic E-state index is -0.960. The zero-order valence-corrected chi connectivity index (χ0v) is 17.9. The van der Waals surface area contributed by atoms with Crippen molar-refractivity contribution in [3.63, 3.8) is 0 Å². The van der Waals surface area contributed by atoms with Gasteiger partial charge in [0.1, 0.15) is 17.3 Å². The second-order valence-electron chi connectivity index (χ2n) is 7.20. The lowest BCUT2D eigenvalue weighted by Gasteiger charge is -2.24. The first-order chi connectivity index (χ1) is 16.0. The van der Waals surface area contributed by atoms with Gasteiger partial charge in [0, 0.05) is 11.8 Å². The Morgan fingerprint density at radius 2 is 1.73 bits per heavy atom. The quantitative estimate of drug-likeness (QED) is 0.278. The molecule has 0 spiro atoms. The Morgan fingerprint density at radius 1 is 0.970 bits per heavy atom. The molecule has 3 aromatic rings. The number of ether oxygens (including phenoxy) is 2. The van der Waals surface area contributed by atoms with E-state index in [1.54, 1.807) is 54.6 Å². The molecule has 1 amide bonds. The Hall–Kier alpha value is -4.46. The number of hydrogen-bond acceptors (Lipinski definition) is 7. The van der Waals surface area contributed by atoms with Crippen molar-refractivity contribution in [2.24, 2.45) is 0 Å². The molecule has 1 fully saturated rings. The maximum absolute atomic E-state index is 13.1. The summed E-state index contributed by atoms with van der Waals surface area (Å²) >= 11 is 0. The van der Waals surface area contributed by atoms with Gasteiger partial charge in [0.25, 0.3) is 5.78 Å². The van der Waals surface area contributed by atoms with Gasteiger partial charge in [-0.2, -0.15) is 0 Å². The molecule has 4 rings (SSSR count). The lowest BCUT2D eigenvalue weighted by molar-refractivity contribution is -0.132. The summed E-state index contributed by atoms with van der Waals surface area (Å²) in [7, 11) is 2.77. The molecule has 0 radical (unpaired) electrons. The van der Waals surface area contributed by atoms with Gasteiger partial charge < -0.3 is 14.6 Å². The Morgan fingerprint density at radius 3 is 2.36 bits per heavy atom. The minimum Gasteiger partial charge on any atom is -0.507 e. The highest BCUT2D eigenvalue weighted by Crippen LogP contribution is 2.41. The van der Waals surface area contributed by atoms with Crippen LogP contribution in [0.25, 0.3) is 5.76 Å². The minimum absolute atomic E-state index is 0.0928. The van der Waals surface area contributed by atoms with Gasteiger partial charge in [0.2, 0.25) is 0 Å². The number of esters is 1. The number of aliphatic hydroxyl groups is 1. The molecule has 1 N–H and O–H groups in total. The first-order valence-corrected chi connectivity index (χ1v) is 10.0. The highest BCUT2D eigenvalue weighted by molar-refractivity contribution is 6.51. The lowest BCUT2D eigenvalue weighted by Crippen LogP contribution is -2.30. The Kier molecular flexibility index (Phi) is 5.91. The number of aliphatic hydroxyl groups excluding tert-OH is 1. The molecule has 0 saturated carbocycles. The monoisotopic (exact) mass is 444 g/mol. The zero-order chi connectivity index (χ0) is 23.5. The number of rotatable bonds is 5. The maximum Gasteiger partial charge on any atom is 0.337 e. The van der Waals surface area contributed by atoms with E-state index >= 15 is 0 Å². The van der Waals surface area contributed by atoms with Crippen LogP contribution in [0.5, 0.6) is 5.75 Å². The molecular formula is C25H20N2O6. The Balaban J connectivity index is 1.91. The van der Waals surface area contributed by atoms with Gasteiger partial charge in [-0.05, 0) is 42.0 Å². The summed E-state index contributed by atoms with van der Waals surface area (Å²) in [6.45, 7) is 0. The molecular weight excluding hydrogens is 424 g/mol. The highest BCUT2D eigenvalue weighted by Gasteiger charge is 2.47. The van der Waals surface area contributed by atoms with Gasteiger partial charge in [0.05, 0.1) is 31.4 Å². The summed E-state index contributed by atoms with van der Waals surface area (Å²) < 4.78 is 9.95. The van der Waals surface area contributed by atoms with Crippen molar-refractivity contribution in [2.45, 2.75) is 6.04 Å². The average molecular weight is 444 g/mol.